The van der Waals surface area contributed by atoms with Crippen molar-refractivity contribution < 1.29 is 14.3 Å². The van der Waals surface area contributed by atoms with Crippen LogP contribution in [0.5, 0.6) is 11.5 Å². The van der Waals surface area contributed by atoms with Gasteiger partial charge in [0.05, 0.1) is 31.2 Å². The Morgan fingerprint density at radius 3 is 2.64 bits per heavy atom. The lowest BCUT2D eigenvalue weighted by Crippen LogP contribution is -2.32. The molecule has 0 radical (unpaired) electrons. The first-order valence-electron chi connectivity index (χ1n) is 8.96. The quantitative estimate of drug-likeness (QED) is 0.725. The minimum absolute atomic E-state index is 0.139. The van der Waals surface area contributed by atoms with Crippen molar-refractivity contribution in [1.29, 1.82) is 0 Å². The highest BCUT2D eigenvalue weighted by atomic mass is 16.5. The second kappa shape index (κ2) is 7.23. The van der Waals surface area contributed by atoms with Crippen LogP contribution in [0.3, 0.4) is 0 Å². The van der Waals surface area contributed by atoms with Crippen molar-refractivity contribution in [2.45, 2.75) is 13.1 Å². The van der Waals surface area contributed by atoms with E-state index in [4.69, 9.17) is 9.47 Å². The zero-order valence-corrected chi connectivity index (χ0v) is 16.0. The fraction of sp³-hybridized carbons (Fsp3) is 0.182. The molecule has 3 aromatic rings. The zero-order valence-electron chi connectivity index (χ0n) is 16.0. The molecule has 1 aromatic heterocycles. The van der Waals surface area contributed by atoms with E-state index in [1.807, 2.05) is 31.2 Å². The van der Waals surface area contributed by atoms with Crippen LogP contribution in [0.1, 0.15) is 27.8 Å². The van der Waals surface area contributed by atoms with Crippen molar-refractivity contribution in [3.63, 3.8) is 0 Å². The predicted molar refractivity (Wildman–Crippen MR) is 108 cm³/mol. The minimum atomic E-state index is -0.466. The number of aryl methyl sites for hydroxylation is 1. The summed E-state index contributed by atoms with van der Waals surface area (Å²) in [7, 11) is 3.18. The number of pyridine rings is 1. The highest BCUT2D eigenvalue weighted by molar-refractivity contribution is 6.11. The summed E-state index contributed by atoms with van der Waals surface area (Å²) in [4.78, 5) is 19.4. The third kappa shape index (κ3) is 3.03. The number of ether oxygens (including phenoxy) is 2. The number of rotatable bonds is 5. The van der Waals surface area contributed by atoms with Crippen LogP contribution in [-0.2, 0) is 0 Å². The standard InChI is InChI=1S/C22H21N3O3/c1-14-6-4-7-15(12-14)24-21-20-17(8-5-11-23-20)22(26)25(21)18-13-16(27-2)9-10-19(18)28-3/h4-13,21,24H,1-3H3/t21-/m0/s1. The monoisotopic (exact) mass is 375 g/mol. The summed E-state index contributed by atoms with van der Waals surface area (Å²) in [5, 5.41) is 3.45. The minimum Gasteiger partial charge on any atom is -0.497 e. The van der Waals surface area contributed by atoms with Gasteiger partial charge < -0.3 is 14.8 Å². The van der Waals surface area contributed by atoms with Gasteiger partial charge >= 0.3 is 0 Å². The fourth-order valence-electron chi connectivity index (χ4n) is 3.44. The molecule has 28 heavy (non-hydrogen) atoms. The van der Waals surface area contributed by atoms with Crippen molar-refractivity contribution in [2.24, 2.45) is 0 Å². The number of fused-ring (bicyclic) bond motifs is 1. The summed E-state index contributed by atoms with van der Waals surface area (Å²) < 4.78 is 10.9. The Balaban J connectivity index is 1.84. The van der Waals surface area contributed by atoms with Gasteiger partial charge in [0.2, 0.25) is 0 Å². The first kappa shape index (κ1) is 17.9. The van der Waals surface area contributed by atoms with Crippen molar-refractivity contribution in [1.82, 2.24) is 4.98 Å². The highest BCUT2D eigenvalue weighted by Gasteiger charge is 2.40. The first-order valence-corrected chi connectivity index (χ1v) is 8.96. The fourth-order valence-corrected chi connectivity index (χ4v) is 3.44. The lowest BCUT2D eigenvalue weighted by Gasteiger charge is -2.28. The van der Waals surface area contributed by atoms with Crippen molar-refractivity contribution in [3.05, 3.63) is 77.6 Å². The van der Waals surface area contributed by atoms with Crippen molar-refractivity contribution in [2.75, 3.05) is 24.4 Å². The molecule has 142 valence electrons. The van der Waals surface area contributed by atoms with E-state index in [1.165, 1.54) is 0 Å². The van der Waals surface area contributed by atoms with Gasteiger partial charge in [-0.3, -0.25) is 14.7 Å². The molecule has 0 aliphatic carbocycles. The average Bonchev–Trinajstić information content (AvgIpc) is 2.99. The Morgan fingerprint density at radius 2 is 1.89 bits per heavy atom. The number of methoxy groups -OCH3 is 2. The summed E-state index contributed by atoms with van der Waals surface area (Å²) in [6.07, 6.45) is 1.23. The third-order valence-corrected chi connectivity index (χ3v) is 4.77. The molecule has 0 unspecified atom stereocenters. The van der Waals surface area contributed by atoms with Gasteiger partial charge in [0.1, 0.15) is 11.5 Å². The van der Waals surface area contributed by atoms with E-state index >= 15 is 0 Å². The SMILES string of the molecule is COc1ccc(OC)c(N2C(=O)c3cccnc3[C@H]2Nc2cccc(C)c2)c1. The molecular weight excluding hydrogens is 354 g/mol. The zero-order chi connectivity index (χ0) is 19.7. The molecule has 1 amide bonds. The normalized spacial score (nSPS) is 15.3. The Labute approximate surface area is 163 Å². The number of carbonyl (C=O) groups excluding carboxylic acids is 1. The van der Waals surface area contributed by atoms with E-state index in [0.29, 0.717) is 28.4 Å². The van der Waals surface area contributed by atoms with Crippen LogP contribution in [0, 0.1) is 6.92 Å². The lowest BCUT2D eigenvalue weighted by atomic mass is 10.2. The van der Waals surface area contributed by atoms with Gasteiger partial charge in [0, 0.05) is 18.0 Å². The van der Waals surface area contributed by atoms with Gasteiger partial charge in [-0.2, -0.15) is 0 Å². The van der Waals surface area contributed by atoms with Crippen molar-refractivity contribution in [3.8, 4) is 11.5 Å². The third-order valence-electron chi connectivity index (χ3n) is 4.77. The Bertz CT molecular complexity index is 1040. The van der Waals surface area contributed by atoms with Crippen LogP contribution in [0.4, 0.5) is 11.4 Å². The maximum absolute atomic E-state index is 13.3. The molecule has 2 heterocycles. The lowest BCUT2D eigenvalue weighted by molar-refractivity contribution is 0.0992. The molecule has 2 aromatic carbocycles. The second-order valence-corrected chi connectivity index (χ2v) is 6.57. The van der Waals surface area contributed by atoms with Crippen LogP contribution in [0.25, 0.3) is 0 Å². The maximum atomic E-state index is 13.3. The number of hydrogen-bond acceptors (Lipinski definition) is 5. The number of amides is 1. The molecule has 0 spiro atoms. The number of nitrogens with one attached hydrogen (secondary N) is 1. The van der Waals surface area contributed by atoms with E-state index in [1.54, 1.807) is 55.6 Å². The molecule has 6 nitrogen and oxygen atoms in total. The molecular formula is C22H21N3O3. The van der Waals surface area contributed by atoms with Crippen LogP contribution in [0.15, 0.2) is 60.8 Å². The van der Waals surface area contributed by atoms with Crippen LogP contribution >= 0.6 is 0 Å². The van der Waals surface area contributed by atoms with Gasteiger partial charge in [-0.1, -0.05) is 12.1 Å². The van der Waals surface area contributed by atoms with Crippen LogP contribution < -0.4 is 19.7 Å². The second-order valence-electron chi connectivity index (χ2n) is 6.57. The molecule has 6 heteroatoms. The molecule has 4 rings (SSSR count). The van der Waals surface area contributed by atoms with E-state index in [0.717, 1.165) is 11.3 Å². The van der Waals surface area contributed by atoms with E-state index < -0.39 is 6.17 Å². The highest BCUT2D eigenvalue weighted by Crippen LogP contribution is 2.42. The number of hydrogen-bond donors (Lipinski definition) is 1. The van der Waals surface area contributed by atoms with Crippen LogP contribution in [0.2, 0.25) is 0 Å². The Morgan fingerprint density at radius 1 is 1.04 bits per heavy atom. The number of benzene rings is 2. The van der Waals surface area contributed by atoms with Gasteiger partial charge in [-0.05, 0) is 48.9 Å². The topological polar surface area (TPSA) is 63.7 Å². The van der Waals surface area contributed by atoms with Gasteiger partial charge in [-0.15, -0.1) is 0 Å². The summed E-state index contributed by atoms with van der Waals surface area (Å²) in [6, 6.07) is 17.0. The predicted octanol–water partition coefficient (Wildman–Crippen LogP) is 4.18. The summed E-state index contributed by atoms with van der Waals surface area (Å²) in [5.41, 5.74) is 3.90. The number of aromatic nitrogens is 1. The van der Waals surface area contributed by atoms with E-state index in [2.05, 4.69) is 10.3 Å². The first-order chi connectivity index (χ1) is 13.6. The van der Waals surface area contributed by atoms with E-state index in [9.17, 15) is 4.79 Å². The summed E-state index contributed by atoms with van der Waals surface area (Å²) in [6.45, 7) is 2.03. The van der Waals surface area contributed by atoms with Gasteiger partial charge in [0.25, 0.3) is 5.91 Å². The van der Waals surface area contributed by atoms with Gasteiger partial charge in [-0.25, -0.2) is 0 Å². The van der Waals surface area contributed by atoms with E-state index in [-0.39, 0.29) is 5.91 Å². The molecule has 0 bridgehead atoms. The number of nitrogens with zero attached hydrogens (tertiary/aromatic N) is 2. The van der Waals surface area contributed by atoms with Crippen LogP contribution in [-0.4, -0.2) is 25.1 Å². The number of carbonyl (C=O) groups is 1. The average molecular weight is 375 g/mol. The molecule has 0 fully saturated rings. The van der Waals surface area contributed by atoms with Crippen molar-refractivity contribution >= 4 is 17.3 Å². The summed E-state index contributed by atoms with van der Waals surface area (Å²) in [5.74, 6) is 1.08. The molecule has 0 saturated heterocycles. The largest absolute Gasteiger partial charge is 0.497 e. The molecule has 1 aliphatic rings. The Hall–Kier alpha value is -3.54. The molecule has 1 atom stereocenters. The molecule has 1 N–H and O–H groups in total. The molecule has 1 aliphatic heterocycles. The maximum Gasteiger partial charge on any atom is 0.262 e. The van der Waals surface area contributed by atoms with Gasteiger partial charge in [0.15, 0.2) is 6.17 Å². The molecule has 0 saturated carbocycles. The Kier molecular flexibility index (Phi) is 4.61. The number of anilines is 2. The summed E-state index contributed by atoms with van der Waals surface area (Å²) >= 11 is 0. The smallest absolute Gasteiger partial charge is 0.262 e.